The van der Waals surface area contributed by atoms with E-state index in [-0.39, 0.29) is 6.61 Å². The lowest BCUT2D eigenvalue weighted by molar-refractivity contribution is 0.364. The quantitative estimate of drug-likeness (QED) is 0.854. The number of halogens is 1. The highest BCUT2D eigenvalue weighted by molar-refractivity contribution is 6.29. The summed E-state index contributed by atoms with van der Waals surface area (Å²) < 4.78 is 5.39. The molecule has 0 amide bonds. The van der Waals surface area contributed by atoms with Crippen LogP contribution >= 0.6 is 11.6 Å². The topological polar surface area (TPSA) is 57.9 Å². The van der Waals surface area contributed by atoms with E-state index < -0.39 is 0 Å². The molecule has 0 saturated carbocycles. The van der Waals surface area contributed by atoms with Crippen LogP contribution in [0.1, 0.15) is 11.3 Å². The Morgan fingerprint density at radius 3 is 2.85 bits per heavy atom. The van der Waals surface area contributed by atoms with Crippen molar-refractivity contribution in [3.63, 3.8) is 0 Å². The first kappa shape index (κ1) is 14.2. The van der Waals surface area contributed by atoms with E-state index in [1.807, 2.05) is 43.3 Å². The number of anilines is 1. The van der Waals surface area contributed by atoms with Gasteiger partial charge in [-0.3, -0.25) is 0 Å². The molecule has 1 heterocycles. The van der Waals surface area contributed by atoms with Gasteiger partial charge in [0.25, 0.3) is 0 Å². The maximum Gasteiger partial charge on any atom is 0.174 e. The largest absolute Gasteiger partial charge is 0.478 e. The van der Waals surface area contributed by atoms with Gasteiger partial charge in [-0.25, -0.2) is 4.98 Å². The van der Waals surface area contributed by atoms with E-state index in [0.717, 1.165) is 16.9 Å². The summed E-state index contributed by atoms with van der Waals surface area (Å²) in [6.07, 6.45) is 0. The fourth-order valence-corrected chi connectivity index (χ4v) is 2.00. The van der Waals surface area contributed by atoms with Gasteiger partial charge in [-0.1, -0.05) is 29.8 Å². The van der Waals surface area contributed by atoms with Crippen molar-refractivity contribution in [2.24, 2.45) is 0 Å². The second-order valence-corrected chi connectivity index (χ2v) is 4.56. The summed E-state index contributed by atoms with van der Waals surface area (Å²) >= 11 is 5.83. The predicted octanol–water partition coefficient (Wildman–Crippen LogP) is 3.56. The van der Waals surface area contributed by atoms with Crippen molar-refractivity contribution in [2.75, 3.05) is 11.9 Å². The summed E-state index contributed by atoms with van der Waals surface area (Å²) in [6, 6.07) is 13.2. The van der Waals surface area contributed by atoms with Crippen LogP contribution in [0.25, 0.3) is 0 Å². The number of aryl methyl sites for hydroxylation is 1. The third kappa shape index (κ3) is 3.62. The van der Waals surface area contributed by atoms with Gasteiger partial charge >= 0.3 is 0 Å². The Morgan fingerprint density at radius 1 is 1.30 bits per heavy atom. The summed E-state index contributed by atoms with van der Waals surface area (Å²) in [6.45, 7) is 2.52. The van der Waals surface area contributed by atoms with Gasteiger partial charge in [-0.05, 0) is 25.1 Å². The molecular weight excluding hydrogens is 274 g/mol. The van der Waals surface area contributed by atoms with E-state index >= 15 is 0 Å². The molecule has 0 spiro atoms. The molecule has 0 radical (unpaired) electrons. The van der Waals surface area contributed by atoms with Gasteiger partial charge in [-0.15, -0.1) is 0 Å². The van der Waals surface area contributed by atoms with Crippen molar-refractivity contribution in [3.8, 4) is 11.8 Å². The standard InChI is InChI=1S/C15H14ClN3O/c1-11-13(6-7-15(16)19-11)18-10-12-4-2-3-5-14(12)20-9-8-17/h2-7,18H,9-10H2,1H3. The molecular formula is C15H14ClN3O. The molecule has 0 aliphatic heterocycles. The molecule has 20 heavy (non-hydrogen) atoms. The molecule has 0 fully saturated rings. The number of nitrogens with zero attached hydrogens (tertiary/aromatic N) is 2. The van der Waals surface area contributed by atoms with E-state index in [9.17, 15) is 0 Å². The molecule has 1 aromatic heterocycles. The Morgan fingerprint density at radius 2 is 2.10 bits per heavy atom. The number of pyridine rings is 1. The zero-order valence-corrected chi connectivity index (χ0v) is 11.8. The normalized spacial score (nSPS) is 9.85. The number of benzene rings is 1. The van der Waals surface area contributed by atoms with Gasteiger partial charge < -0.3 is 10.1 Å². The SMILES string of the molecule is Cc1nc(Cl)ccc1NCc1ccccc1OCC#N. The average molecular weight is 288 g/mol. The first-order valence-electron chi connectivity index (χ1n) is 6.15. The number of ether oxygens (including phenoxy) is 1. The monoisotopic (exact) mass is 287 g/mol. The van der Waals surface area contributed by atoms with Gasteiger partial charge in [-0.2, -0.15) is 5.26 Å². The fraction of sp³-hybridized carbons (Fsp3) is 0.200. The van der Waals surface area contributed by atoms with Gasteiger partial charge in [0.1, 0.15) is 17.0 Å². The highest BCUT2D eigenvalue weighted by Gasteiger charge is 2.05. The van der Waals surface area contributed by atoms with E-state index in [1.54, 1.807) is 6.07 Å². The maximum atomic E-state index is 8.58. The van der Waals surface area contributed by atoms with Crippen molar-refractivity contribution < 1.29 is 4.74 Å². The van der Waals surface area contributed by atoms with Crippen molar-refractivity contribution in [2.45, 2.75) is 13.5 Å². The number of hydrogen-bond acceptors (Lipinski definition) is 4. The minimum Gasteiger partial charge on any atom is -0.478 e. The molecule has 2 aromatic rings. The first-order valence-corrected chi connectivity index (χ1v) is 6.53. The Balaban J connectivity index is 2.09. The number of hydrogen-bond donors (Lipinski definition) is 1. The molecule has 102 valence electrons. The van der Waals surface area contributed by atoms with Crippen LogP contribution in [0.4, 0.5) is 5.69 Å². The number of aromatic nitrogens is 1. The Labute approximate surface area is 123 Å². The minimum atomic E-state index is 0.0402. The Kier molecular flexibility index (Phi) is 4.80. The lowest BCUT2D eigenvalue weighted by Gasteiger charge is -2.12. The summed E-state index contributed by atoms with van der Waals surface area (Å²) in [5.41, 5.74) is 2.74. The molecule has 0 atom stereocenters. The highest BCUT2D eigenvalue weighted by atomic mass is 35.5. The summed E-state index contributed by atoms with van der Waals surface area (Å²) in [7, 11) is 0. The zero-order valence-electron chi connectivity index (χ0n) is 11.1. The van der Waals surface area contributed by atoms with Gasteiger partial charge in [0, 0.05) is 12.1 Å². The second kappa shape index (κ2) is 6.78. The summed E-state index contributed by atoms with van der Waals surface area (Å²) in [5.74, 6) is 0.709. The smallest absolute Gasteiger partial charge is 0.174 e. The van der Waals surface area contributed by atoms with Crippen LogP contribution in [0.3, 0.4) is 0 Å². The van der Waals surface area contributed by atoms with Crippen LogP contribution in [0.15, 0.2) is 36.4 Å². The van der Waals surface area contributed by atoms with Crippen LogP contribution in [0.5, 0.6) is 5.75 Å². The van der Waals surface area contributed by atoms with E-state index in [4.69, 9.17) is 21.6 Å². The first-order chi connectivity index (χ1) is 9.70. The zero-order chi connectivity index (χ0) is 14.4. The van der Waals surface area contributed by atoms with Gasteiger partial charge in [0.2, 0.25) is 0 Å². The molecule has 0 aliphatic rings. The van der Waals surface area contributed by atoms with E-state index in [2.05, 4.69) is 10.3 Å². The molecule has 1 N–H and O–H groups in total. The van der Waals surface area contributed by atoms with Crippen LogP contribution in [0, 0.1) is 18.3 Å². The van der Waals surface area contributed by atoms with Crippen molar-refractivity contribution in [1.29, 1.82) is 5.26 Å². The molecule has 1 aromatic carbocycles. The molecule has 4 nitrogen and oxygen atoms in total. The van der Waals surface area contributed by atoms with Gasteiger partial charge in [0.05, 0.1) is 11.4 Å². The van der Waals surface area contributed by atoms with Crippen molar-refractivity contribution >= 4 is 17.3 Å². The van der Waals surface area contributed by atoms with Crippen LogP contribution in [-0.4, -0.2) is 11.6 Å². The predicted molar refractivity (Wildman–Crippen MR) is 78.9 cm³/mol. The van der Waals surface area contributed by atoms with Gasteiger partial charge in [0.15, 0.2) is 6.61 Å². The van der Waals surface area contributed by atoms with Crippen LogP contribution in [-0.2, 0) is 6.54 Å². The third-order valence-electron chi connectivity index (χ3n) is 2.79. The second-order valence-electron chi connectivity index (χ2n) is 4.18. The minimum absolute atomic E-state index is 0.0402. The molecule has 2 rings (SSSR count). The Hall–Kier alpha value is -2.25. The maximum absolute atomic E-state index is 8.58. The highest BCUT2D eigenvalue weighted by Crippen LogP contribution is 2.21. The number of nitrogens with one attached hydrogen (secondary N) is 1. The van der Waals surface area contributed by atoms with Crippen molar-refractivity contribution in [1.82, 2.24) is 4.98 Å². The average Bonchev–Trinajstić information content (AvgIpc) is 2.45. The third-order valence-corrected chi connectivity index (χ3v) is 3.00. The summed E-state index contributed by atoms with van der Waals surface area (Å²) in [4.78, 5) is 4.19. The van der Waals surface area contributed by atoms with Crippen LogP contribution < -0.4 is 10.1 Å². The van der Waals surface area contributed by atoms with Crippen molar-refractivity contribution in [3.05, 3.63) is 52.8 Å². The molecule has 0 saturated heterocycles. The fourth-order valence-electron chi connectivity index (χ4n) is 1.81. The lowest BCUT2D eigenvalue weighted by atomic mass is 10.2. The number of rotatable bonds is 5. The summed E-state index contributed by atoms with van der Waals surface area (Å²) in [5, 5.41) is 12.3. The number of para-hydroxylation sites is 1. The van der Waals surface area contributed by atoms with E-state index in [1.165, 1.54) is 0 Å². The lowest BCUT2D eigenvalue weighted by Crippen LogP contribution is -2.05. The van der Waals surface area contributed by atoms with Crippen LogP contribution in [0.2, 0.25) is 5.15 Å². The number of nitriles is 1. The van der Waals surface area contributed by atoms with E-state index in [0.29, 0.717) is 17.4 Å². The Bertz CT molecular complexity index is 637. The molecule has 0 bridgehead atoms. The molecule has 0 aliphatic carbocycles. The molecule has 0 unspecified atom stereocenters. The molecule has 5 heteroatoms.